The van der Waals surface area contributed by atoms with Crippen molar-refractivity contribution in [3.63, 3.8) is 0 Å². The summed E-state index contributed by atoms with van der Waals surface area (Å²) in [7, 11) is 0. The van der Waals surface area contributed by atoms with Gasteiger partial charge in [-0.1, -0.05) is 13.8 Å². The van der Waals surface area contributed by atoms with E-state index >= 15 is 0 Å². The van der Waals surface area contributed by atoms with Gasteiger partial charge in [0.2, 0.25) is 11.8 Å². The van der Waals surface area contributed by atoms with Crippen LogP contribution in [0.25, 0.3) is 0 Å². The number of rotatable bonds is 8. The molecule has 2 amide bonds. The van der Waals surface area contributed by atoms with Crippen LogP contribution in [0.5, 0.6) is 0 Å². The lowest BCUT2D eigenvalue weighted by Gasteiger charge is -2.21. The topological polar surface area (TPSA) is 62.6 Å². The zero-order valence-electron chi connectivity index (χ0n) is 11.6. The van der Waals surface area contributed by atoms with Crippen LogP contribution in [0, 0.1) is 0 Å². The number of hydrogen-bond acceptors (Lipinski definition) is 3. The van der Waals surface area contributed by atoms with E-state index in [-0.39, 0.29) is 18.2 Å². The summed E-state index contributed by atoms with van der Waals surface area (Å²) in [6.07, 6.45) is 3.26. The van der Waals surface area contributed by atoms with Crippen LogP contribution in [0.2, 0.25) is 0 Å². The van der Waals surface area contributed by atoms with Gasteiger partial charge in [0.25, 0.3) is 0 Å². The third-order valence-electron chi connectivity index (χ3n) is 2.69. The first-order valence-electron chi connectivity index (χ1n) is 6.74. The van der Waals surface area contributed by atoms with Gasteiger partial charge >= 0.3 is 0 Å². The fraction of sp³-hybridized carbons (Fsp3) is 0.571. The van der Waals surface area contributed by atoms with Crippen molar-refractivity contribution in [2.45, 2.75) is 39.7 Å². The molecule has 0 saturated heterocycles. The Kier molecular flexibility index (Phi) is 6.71. The average Bonchev–Trinajstić information content (AvgIpc) is 2.89. The third-order valence-corrected chi connectivity index (χ3v) is 2.69. The zero-order chi connectivity index (χ0) is 14.1. The Morgan fingerprint density at radius 3 is 2.47 bits per heavy atom. The molecule has 0 aromatic carbocycles. The second-order valence-corrected chi connectivity index (χ2v) is 4.41. The van der Waals surface area contributed by atoms with E-state index in [1.165, 1.54) is 0 Å². The van der Waals surface area contributed by atoms with Crippen LogP contribution in [0.4, 0.5) is 0 Å². The Balaban J connectivity index is 2.35. The lowest BCUT2D eigenvalue weighted by molar-refractivity contribution is -0.136. The lowest BCUT2D eigenvalue weighted by Crippen LogP contribution is -2.36. The number of carbonyl (C=O) groups is 2. The molecule has 0 atom stereocenters. The Bertz CT molecular complexity index is 381. The molecule has 0 radical (unpaired) electrons. The van der Waals surface area contributed by atoms with Crippen molar-refractivity contribution >= 4 is 11.8 Å². The molecule has 0 saturated carbocycles. The van der Waals surface area contributed by atoms with Crippen LogP contribution < -0.4 is 5.32 Å². The molecule has 0 fully saturated rings. The fourth-order valence-electron chi connectivity index (χ4n) is 1.81. The van der Waals surface area contributed by atoms with Gasteiger partial charge in [-0.2, -0.15) is 0 Å². The molecule has 0 aliphatic heterocycles. The van der Waals surface area contributed by atoms with E-state index in [4.69, 9.17) is 4.42 Å². The van der Waals surface area contributed by atoms with Gasteiger partial charge in [-0.05, 0) is 25.0 Å². The molecule has 1 heterocycles. The first-order chi connectivity index (χ1) is 9.17. The summed E-state index contributed by atoms with van der Waals surface area (Å²) in [4.78, 5) is 25.3. The van der Waals surface area contributed by atoms with Gasteiger partial charge in [0.1, 0.15) is 12.2 Å². The van der Waals surface area contributed by atoms with E-state index in [9.17, 15) is 9.59 Å². The third kappa shape index (κ3) is 5.59. The Labute approximate surface area is 114 Å². The number of carbonyl (C=O) groups excluding carboxylic acids is 2. The van der Waals surface area contributed by atoms with E-state index in [0.29, 0.717) is 25.4 Å². The minimum Gasteiger partial charge on any atom is -0.467 e. The maximum atomic E-state index is 11.9. The van der Waals surface area contributed by atoms with E-state index in [0.717, 1.165) is 12.8 Å². The highest BCUT2D eigenvalue weighted by atomic mass is 16.3. The molecule has 0 bridgehead atoms. The van der Waals surface area contributed by atoms with Gasteiger partial charge in [-0.3, -0.25) is 9.59 Å². The predicted octanol–water partition coefficient (Wildman–Crippen LogP) is 1.93. The molecule has 0 aliphatic rings. The minimum absolute atomic E-state index is 0.0965. The van der Waals surface area contributed by atoms with Crippen LogP contribution in [0.15, 0.2) is 22.8 Å². The highest BCUT2D eigenvalue weighted by Gasteiger charge is 2.15. The summed E-state index contributed by atoms with van der Waals surface area (Å²) >= 11 is 0. The molecule has 0 unspecified atom stereocenters. The molecular weight excluding hydrogens is 244 g/mol. The fourth-order valence-corrected chi connectivity index (χ4v) is 1.81. The second-order valence-electron chi connectivity index (χ2n) is 4.41. The highest BCUT2D eigenvalue weighted by molar-refractivity contribution is 5.96. The Morgan fingerprint density at radius 2 is 1.95 bits per heavy atom. The van der Waals surface area contributed by atoms with Crippen molar-refractivity contribution in [3.05, 3.63) is 24.2 Å². The van der Waals surface area contributed by atoms with Crippen LogP contribution in [-0.4, -0.2) is 29.8 Å². The van der Waals surface area contributed by atoms with Gasteiger partial charge in [0.15, 0.2) is 0 Å². The van der Waals surface area contributed by atoms with Crippen molar-refractivity contribution < 1.29 is 14.0 Å². The van der Waals surface area contributed by atoms with Crippen molar-refractivity contribution in [1.82, 2.24) is 10.2 Å². The molecule has 0 aliphatic carbocycles. The van der Waals surface area contributed by atoms with Crippen molar-refractivity contribution in [2.24, 2.45) is 0 Å². The van der Waals surface area contributed by atoms with E-state index in [1.54, 1.807) is 23.3 Å². The molecule has 5 heteroatoms. The molecule has 106 valence electrons. The minimum atomic E-state index is -0.265. The Hall–Kier alpha value is -1.78. The smallest absolute Gasteiger partial charge is 0.232 e. The SMILES string of the molecule is CCCN(CCC)C(=O)CC(=O)NCc1ccco1. The lowest BCUT2D eigenvalue weighted by atomic mass is 10.3. The molecule has 0 spiro atoms. The van der Waals surface area contributed by atoms with E-state index in [1.807, 2.05) is 13.8 Å². The normalized spacial score (nSPS) is 10.2. The number of hydrogen-bond donors (Lipinski definition) is 1. The Morgan fingerprint density at radius 1 is 1.26 bits per heavy atom. The summed E-state index contributed by atoms with van der Waals surface area (Å²) in [6.45, 7) is 5.77. The second kappa shape index (κ2) is 8.34. The van der Waals surface area contributed by atoms with Gasteiger partial charge in [0, 0.05) is 13.1 Å². The molecule has 1 rings (SSSR count). The number of amides is 2. The molecule has 19 heavy (non-hydrogen) atoms. The van der Waals surface area contributed by atoms with Gasteiger partial charge in [0.05, 0.1) is 12.8 Å². The van der Waals surface area contributed by atoms with Crippen molar-refractivity contribution in [3.8, 4) is 0 Å². The summed E-state index contributed by atoms with van der Waals surface area (Å²) in [5.41, 5.74) is 0. The summed E-state index contributed by atoms with van der Waals surface area (Å²) in [5.74, 6) is 0.305. The largest absolute Gasteiger partial charge is 0.467 e. The number of nitrogens with zero attached hydrogens (tertiary/aromatic N) is 1. The van der Waals surface area contributed by atoms with E-state index < -0.39 is 0 Å². The molecule has 1 N–H and O–H groups in total. The van der Waals surface area contributed by atoms with Crippen molar-refractivity contribution in [2.75, 3.05) is 13.1 Å². The number of nitrogens with one attached hydrogen (secondary N) is 1. The average molecular weight is 266 g/mol. The van der Waals surface area contributed by atoms with Crippen LogP contribution in [0.1, 0.15) is 38.9 Å². The monoisotopic (exact) mass is 266 g/mol. The highest BCUT2D eigenvalue weighted by Crippen LogP contribution is 2.01. The summed E-state index contributed by atoms with van der Waals surface area (Å²) < 4.78 is 5.10. The molecule has 1 aromatic heterocycles. The quantitative estimate of drug-likeness (QED) is 0.731. The van der Waals surface area contributed by atoms with Gasteiger partial charge in [-0.25, -0.2) is 0 Å². The molecule has 1 aromatic rings. The first-order valence-corrected chi connectivity index (χ1v) is 6.74. The molecule has 5 nitrogen and oxygen atoms in total. The summed E-state index contributed by atoms with van der Waals surface area (Å²) in [6, 6.07) is 3.54. The first kappa shape index (κ1) is 15.3. The van der Waals surface area contributed by atoms with Gasteiger partial charge < -0.3 is 14.6 Å². The van der Waals surface area contributed by atoms with Crippen LogP contribution >= 0.6 is 0 Å². The maximum Gasteiger partial charge on any atom is 0.232 e. The van der Waals surface area contributed by atoms with Crippen LogP contribution in [-0.2, 0) is 16.1 Å². The van der Waals surface area contributed by atoms with Crippen molar-refractivity contribution in [1.29, 1.82) is 0 Å². The predicted molar refractivity (Wildman–Crippen MR) is 72.3 cm³/mol. The number of furan rings is 1. The maximum absolute atomic E-state index is 11.9. The summed E-state index contributed by atoms with van der Waals surface area (Å²) in [5, 5.41) is 2.67. The molecular formula is C14H22N2O3. The van der Waals surface area contributed by atoms with Gasteiger partial charge in [-0.15, -0.1) is 0 Å². The van der Waals surface area contributed by atoms with Crippen LogP contribution in [0.3, 0.4) is 0 Å². The van der Waals surface area contributed by atoms with E-state index in [2.05, 4.69) is 5.32 Å². The zero-order valence-corrected chi connectivity index (χ0v) is 11.6. The standard InChI is InChI=1S/C14H22N2O3/c1-3-7-16(8-4-2)14(18)10-13(17)15-11-12-6-5-9-19-12/h5-6,9H,3-4,7-8,10-11H2,1-2H3,(H,15,17).